The molecule has 0 unspecified atom stereocenters. The number of rotatable bonds is 4. The van der Waals surface area contributed by atoms with Gasteiger partial charge in [0.05, 0.1) is 6.10 Å². The van der Waals surface area contributed by atoms with Crippen molar-refractivity contribution in [1.82, 2.24) is 0 Å². The van der Waals surface area contributed by atoms with Crippen LogP contribution in [0.1, 0.15) is 27.2 Å². The molecule has 0 bridgehead atoms. The molecular formula is C9H16O2. The molecule has 11 heavy (non-hydrogen) atoms. The summed E-state index contributed by atoms with van der Waals surface area (Å²) in [6.07, 6.45) is 3.27. The normalized spacial score (nSPS) is 16.7. The third-order valence-electron chi connectivity index (χ3n) is 1.76. The van der Waals surface area contributed by atoms with E-state index in [9.17, 15) is 9.90 Å². The number of carbonyl (C=O) groups excluding carboxylic acids is 1. The van der Waals surface area contributed by atoms with Crippen LogP contribution in [0.5, 0.6) is 0 Å². The van der Waals surface area contributed by atoms with Gasteiger partial charge in [0.25, 0.3) is 0 Å². The van der Waals surface area contributed by atoms with Gasteiger partial charge < -0.3 is 5.11 Å². The highest BCUT2D eigenvalue weighted by atomic mass is 16.3. The Kier molecular flexibility index (Phi) is 4.79. The fourth-order valence-corrected chi connectivity index (χ4v) is 0.876. The van der Waals surface area contributed by atoms with Gasteiger partial charge >= 0.3 is 0 Å². The van der Waals surface area contributed by atoms with E-state index in [2.05, 4.69) is 0 Å². The minimum absolute atomic E-state index is 0.107. The van der Waals surface area contributed by atoms with Crippen molar-refractivity contribution >= 4 is 5.78 Å². The average Bonchev–Trinajstić information content (AvgIpc) is 2.02. The van der Waals surface area contributed by atoms with E-state index in [1.54, 1.807) is 26.0 Å². The smallest absolute Gasteiger partial charge is 0.138 e. The monoisotopic (exact) mass is 156 g/mol. The van der Waals surface area contributed by atoms with Gasteiger partial charge in [-0.15, -0.1) is 0 Å². The Morgan fingerprint density at radius 1 is 1.64 bits per heavy atom. The number of hydrogen-bond acceptors (Lipinski definition) is 2. The van der Waals surface area contributed by atoms with E-state index in [1.807, 2.05) is 6.92 Å². The zero-order valence-electron chi connectivity index (χ0n) is 7.37. The zero-order valence-corrected chi connectivity index (χ0v) is 7.37. The van der Waals surface area contributed by atoms with E-state index in [4.69, 9.17) is 0 Å². The molecule has 0 aromatic heterocycles. The molecule has 0 aliphatic rings. The molecule has 0 aromatic carbocycles. The molecule has 2 nitrogen and oxygen atoms in total. The van der Waals surface area contributed by atoms with Gasteiger partial charge in [-0.1, -0.05) is 26.0 Å². The molecule has 1 N–H and O–H groups in total. The lowest BCUT2D eigenvalue weighted by Gasteiger charge is -2.12. The van der Waals surface area contributed by atoms with Gasteiger partial charge in [-0.3, -0.25) is 4.79 Å². The Labute approximate surface area is 67.9 Å². The van der Waals surface area contributed by atoms with Crippen LogP contribution in [0.25, 0.3) is 0 Å². The second-order valence-corrected chi connectivity index (χ2v) is 2.62. The molecule has 0 rings (SSSR count). The molecule has 0 aromatic rings. The summed E-state index contributed by atoms with van der Waals surface area (Å²) in [6.45, 7) is 5.38. The molecule has 64 valence electrons. The summed E-state index contributed by atoms with van der Waals surface area (Å²) in [5.74, 6) is -0.160. The first kappa shape index (κ1) is 10.4. The lowest BCUT2D eigenvalue weighted by Crippen LogP contribution is -2.23. The molecule has 0 amide bonds. The molecule has 0 spiro atoms. The van der Waals surface area contributed by atoms with E-state index in [0.29, 0.717) is 6.42 Å². The van der Waals surface area contributed by atoms with Crippen LogP contribution < -0.4 is 0 Å². The topological polar surface area (TPSA) is 37.3 Å². The molecule has 0 fully saturated rings. The van der Waals surface area contributed by atoms with Crippen LogP contribution in [0, 0.1) is 5.92 Å². The number of carbonyl (C=O) groups is 1. The first-order valence-electron chi connectivity index (χ1n) is 3.97. The summed E-state index contributed by atoms with van der Waals surface area (Å²) in [5.41, 5.74) is 0. The van der Waals surface area contributed by atoms with Gasteiger partial charge in [-0.25, -0.2) is 0 Å². The van der Waals surface area contributed by atoms with Crippen molar-refractivity contribution in [2.45, 2.75) is 33.3 Å². The van der Waals surface area contributed by atoms with E-state index in [-0.39, 0.29) is 11.7 Å². The van der Waals surface area contributed by atoms with Gasteiger partial charge in [0.2, 0.25) is 0 Å². The fourth-order valence-electron chi connectivity index (χ4n) is 0.876. The van der Waals surface area contributed by atoms with Crippen LogP contribution in [-0.2, 0) is 4.79 Å². The van der Waals surface area contributed by atoms with E-state index < -0.39 is 6.10 Å². The standard InChI is InChI=1S/C9H16O2/c1-4-6-9(11)7(3)8(10)5-2/h4,6-7,9,11H,5H2,1-3H3/b6-4+/t7-,9+/m1/s1. The highest BCUT2D eigenvalue weighted by Gasteiger charge is 2.17. The first-order valence-corrected chi connectivity index (χ1v) is 3.97. The fraction of sp³-hybridized carbons (Fsp3) is 0.667. The summed E-state index contributed by atoms with van der Waals surface area (Å²) in [4.78, 5) is 11.0. The van der Waals surface area contributed by atoms with Crippen LogP contribution in [-0.4, -0.2) is 17.0 Å². The summed E-state index contributed by atoms with van der Waals surface area (Å²) < 4.78 is 0. The van der Waals surface area contributed by atoms with Gasteiger partial charge in [0, 0.05) is 12.3 Å². The second kappa shape index (κ2) is 5.08. The number of hydrogen-bond donors (Lipinski definition) is 1. The van der Waals surface area contributed by atoms with Gasteiger partial charge in [0.15, 0.2) is 0 Å². The van der Waals surface area contributed by atoms with Crippen LogP contribution in [0.15, 0.2) is 12.2 Å². The SMILES string of the molecule is C/C=C/[C@H](O)[C@H](C)C(=O)CC. The Morgan fingerprint density at radius 2 is 2.18 bits per heavy atom. The number of ketones is 1. The summed E-state index contributed by atoms with van der Waals surface area (Å²) in [5, 5.41) is 9.31. The minimum atomic E-state index is -0.618. The first-order chi connectivity index (χ1) is 5.13. The third kappa shape index (κ3) is 3.33. The maximum absolute atomic E-state index is 11.0. The van der Waals surface area contributed by atoms with Gasteiger partial charge in [0.1, 0.15) is 5.78 Å². The number of allylic oxidation sites excluding steroid dienone is 1. The minimum Gasteiger partial charge on any atom is -0.388 e. The van der Waals surface area contributed by atoms with Crippen molar-refractivity contribution < 1.29 is 9.90 Å². The lowest BCUT2D eigenvalue weighted by molar-refractivity contribution is -0.124. The van der Waals surface area contributed by atoms with E-state index in [0.717, 1.165) is 0 Å². The molecule has 0 aliphatic carbocycles. The second-order valence-electron chi connectivity index (χ2n) is 2.62. The Hall–Kier alpha value is -0.630. The number of Topliss-reactive ketones (excluding diaryl/α,β-unsaturated/α-hetero) is 1. The van der Waals surface area contributed by atoms with Crippen molar-refractivity contribution in [3.63, 3.8) is 0 Å². The molecule has 0 aliphatic heterocycles. The summed E-state index contributed by atoms with van der Waals surface area (Å²) >= 11 is 0. The molecule has 2 atom stereocenters. The van der Waals surface area contributed by atoms with Crippen LogP contribution in [0.4, 0.5) is 0 Å². The molecule has 0 radical (unpaired) electrons. The summed E-state index contributed by atoms with van der Waals surface area (Å²) in [6, 6.07) is 0. The van der Waals surface area contributed by atoms with Crippen molar-refractivity contribution in [3.05, 3.63) is 12.2 Å². The Bertz CT molecular complexity index is 150. The predicted octanol–water partition coefficient (Wildman–Crippen LogP) is 1.54. The Morgan fingerprint density at radius 3 is 2.55 bits per heavy atom. The van der Waals surface area contributed by atoms with Gasteiger partial charge in [-0.05, 0) is 6.92 Å². The largest absolute Gasteiger partial charge is 0.388 e. The van der Waals surface area contributed by atoms with Crippen LogP contribution in [0.3, 0.4) is 0 Å². The quantitative estimate of drug-likeness (QED) is 0.627. The lowest BCUT2D eigenvalue weighted by atomic mass is 9.98. The number of aliphatic hydroxyl groups is 1. The van der Waals surface area contributed by atoms with Crippen molar-refractivity contribution in [1.29, 1.82) is 0 Å². The predicted molar refractivity (Wildman–Crippen MR) is 45.3 cm³/mol. The van der Waals surface area contributed by atoms with E-state index >= 15 is 0 Å². The molecular weight excluding hydrogens is 140 g/mol. The van der Waals surface area contributed by atoms with Crippen molar-refractivity contribution in [2.24, 2.45) is 5.92 Å². The Balaban J connectivity index is 4.01. The van der Waals surface area contributed by atoms with Gasteiger partial charge in [-0.2, -0.15) is 0 Å². The molecule has 2 heteroatoms. The molecule has 0 saturated heterocycles. The zero-order chi connectivity index (χ0) is 8.85. The molecule has 0 heterocycles. The van der Waals surface area contributed by atoms with Crippen molar-refractivity contribution in [3.8, 4) is 0 Å². The van der Waals surface area contributed by atoms with Crippen LogP contribution in [0.2, 0.25) is 0 Å². The summed E-state index contributed by atoms with van der Waals surface area (Å²) in [7, 11) is 0. The van der Waals surface area contributed by atoms with Crippen molar-refractivity contribution in [2.75, 3.05) is 0 Å². The average molecular weight is 156 g/mol. The molecule has 0 saturated carbocycles. The number of aliphatic hydroxyl groups excluding tert-OH is 1. The van der Waals surface area contributed by atoms with E-state index in [1.165, 1.54) is 0 Å². The van der Waals surface area contributed by atoms with Crippen LogP contribution >= 0.6 is 0 Å². The maximum atomic E-state index is 11.0. The maximum Gasteiger partial charge on any atom is 0.138 e. The highest BCUT2D eigenvalue weighted by Crippen LogP contribution is 2.07. The highest BCUT2D eigenvalue weighted by molar-refractivity contribution is 5.81. The third-order valence-corrected chi connectivity index (χ3v) is 1.76.